The first-order valence-corrected chi connectivity index (χ1v) is 6.76. The van der Waals surface area contributed by atoms with Crippen molar-refractivity contribution in [2.24, 2.45) is 11.3 Å². The van der Waals surface area contributed by atoms with Gasteiger partial charge in [-0.2, -0.15) is 0 Å². The Bertz CT molecular complexity index is 364. The number of carbonyl (C=O) groups excluding carboxylic acids is 2. The highest BCUT2D eigenvalue weighted by Gasteiger charge is 2.27. The lowest BCUT2D eigenvalue weighted by molar-refractivity contribution is -0.141. The van der Waals surface area contributed by atoms with Gasteiger partial charge in [0.2, 0.25) is 11.8 Å². The number of carboxylic acid groups (broad SMARTS) is 1. The van der Waals surface area contributed by atoms with E-state index in [2.05, 4.69) is 5.32 Å². The highest BCUT2D eigenvalue weighted by Crippen LogP contribution is 2.25. The fourth-order valence-electron chi connectivity index (χ4n) is 1.69. The molecule has 116 valence electrons. The topological polar surface area (TPSA) is 86.7 Å². The number of carboxylic acids is 1. The number of nitrogens with one attached hydrogen (secondary N) is 1. The van der Waals surface area contributed by atoms with E-state index in [0.29, 0.717) is 12.5 Å². The van der Waals surface area contributed by atoms with E-state index in [1.807, 2.05) is 13.8 Å². The molecular formula is C14H26N2O4. The molecule has 0 rings (SSSR count). The predicted molar refractivity (Wildman–Crippen MR) is 76.1 cm³/mol. The van der Waals surface area contributed by atoms with Crippen molar-refractivity contribution in [2.45, 2.75) is 40.5 Å². The van der Waals surface area contributed by atoms with E-state index >= 15 is 0 Å². The Kier molecular flexibility index (Phi) is 7.24. The molecule has 0 atom stereocenters. The molecule has 0 aromatic heterocycles. The van der Waals surface area contributed by atoms with Gasteiger partial charge in [-0.3, -0.25) is 14.4 Å². The molecule has 0 unspecified atom stereocenters. The quantitative estimate of drug-likeness (QED) is 0.699. The summed E-state index contributed by atoms with van der Waals surface area (Å²) in [6.45, 7) is 8.00. The molecule has 0 spiro atoms. The highest BCUT2D eigenvalue weighted by atomic mass is 16.4. The monoisotopic (exact) mass is 286 g/mol. The Balaban J connectivity index is 4.27. The molecule has 0 saturated carbocycles. The predicted octanol–water partition coefficient (Wildman–Crippen LogP) is 1.11. The molecule has 0 bridgehead atoms. The molecule has 6 nitrogen and oxygen atoms in total. The van der Waals surface area contributed by atoms with Gasteiger partial charge in [-0.05, 0) is 11.3 Å². The van der Waals surface area contributed by atoms with Crippen LogP contribution in [0.1, 0.15) is 40.5 Å². The van der Waals surface area contributed by atoms with Crippen LogP contribution in [0, 0.1) is 11.3 Å². The molecule has 2 amide bonds. The normalized spacial score (nSPS) is 11.3. The molecule has 0 aliphatic heterocycles. The van der Waals surface area contributed by atoms with Crippen LogP contribution < -0.4 is 5.32 Å². The van der Waals surface area contributed by atoms with Crippen LogP contribution in [-0.2, 0) is 14.4 Å². The standard InChI is InChI=1S/C14H26N2O4/c1-10(2)8-15-11(17)9-16(5)12(18)6-14(3,4)7-13(19)20/h10H,6-9H2,1-5H3,(H,15,17)(H,19,20). The van der Waals surface area contributed by atoms with Crippen LogP contribution in [-0.4, -0.2) is 47.9 Å². The summed E-state index contributed by atoms with van der Waals surface area (Å²) in [5, 5.41) is 11.5. The maximum atomic E-state index is 12.0. The van der Waals surface area contributed by atoms with Gasteiger partial charge in [0.15, 0.2) is 0 Å². The van der Waals surface area contributed by atoms with Crippen molar-refractivity contribution in [2.75, 3.05) is 20.1 Å². The maximum Gasteiger partial charge on any atom is 0.303 e. The third-order valence-corrected chi connectivity index (χ3v) is 2.77. The zero-order chi connectivity index (χ0) is 15.9. The molecule has 0 aromatic carbocycles. The summed E-state index contributed by atoms with van der Waals surface area (Å²) < 4.78 is 0. The number of rotatable bonds is 8. The molecule has 20 heavy (non-hydrogen) atoms. The van der Waals surface area contributed by atoms with Gasteiger partial charge < -0.3 is 15.3 Å². The van der Waals surface area contributed by atoms with Crippen LogP contribution in [0.2, 0.25) is 0 Å². The Labute approximate surface area is 120 Å². The van der Waals surface area contributed by atoms with Gasteiger partial charge in [0.05, 0.1) is 13.0 Å². The summed E-state index contributed by atoms with van der Waals surface area (Å²) >= 11 is 0. The Morgan fingerprint density at radius 2 is 1.75 bits per heavy atom. The van der Waals surface area contributed by atoms with Crippen LogP contribution >= 0.6 is 0 Å². The number of aliphatic carboxylic acids is 1. The van der Waals surface area contributed by atoms with E-state index in [0.717, 1.165) is 0 Å². The molecule has 0 heterocycles. The minimum absolute atomic E-state index is 0.00525. The van der Waals surface area contributed by atoms with Gasteiger partial charge in [-0.1, -0.05) is 27.7 Å². The van der Waals surface area contributed by atoms with E-state index in [4.69, 9.17) is 5.11 Å². The molecule has 6 heteroatoms. The van der Waals surface area contributed by atoms with E-state index < -0.39 is 11.4 Å². The van der Waals surface area contributed by atoms with E-state index in [9.17, 15) is 14.4 Å². The second kappa shape index (κ2) is 7.87. The molecule has 0 fully saturated rings. The lowest BCUT2D eigenvalue weighted by Gasteiger charge is -2.25. The fourth-order valence-corrected chi connectivity index (χ4v) is 1.69. The van der Waals surface area contributed by atoms with E-state index in [1.54, 1.807) is 20.9 Å². The van der Waals surface area contributed by atoms with Gasteiger partial charge in [0.1, 0.15) is 0 Å². The number of hydrogen-bond acceptors (Lipinski definition) is 3. The summed E-state index contributed by atoms with van der Waals surface area (Å²) in [7, 11) is 1.55. The van der Waals surface area contributed by atoms with Crippen molar-refractivity contribution in [1.29, 1.82) is 0 Å². The molecule has 0 saturated heterocycles. The van der Waals surface area contributed by atoms with Crippen molar-refractivity contribution in [3.8, 4) is 0 Å². The first-order chi connectivity index (χ1) is 9.03. The minimum atomic E-state index is -0.930. The third-order valence-electron chi connectivity index (χ3n) is 2.77. The average Bonchev–Trinajstić information content (AvgIpc) is 2.23. The molecular weight excluding hydrogens is 260 g/mol. The summed E-state index contributed by atoms with van der Waals surface area (Å²) in [5.74, 6) is -1.00. The summed E-state index contributed by atoms with van der Waals surface area (Å²) in [5.41, 5.74) is -0.619. The zero-order valence-electron chi connectivity index (χ0n) is 13.0. The summed E-state index contributed by atoms with van der Waals surface area (Å²) in [4.78, 5) is 35.6. The first-order valence-electron chi connectivity index (χ1n) is 6.76. The highest BCUT2D eigenvalue weighted by molar-refractivity contribution is 5.85. The van der Waals surface area contributed by atoms with Crippen molar-refractivity contribution >= 4 is 17.8 Å². The van der Waals surface area contributed by atoms with Gasteiger partial charge in [0.25, 0.3) is 0 Å². The van der Waals surface area contributed by atoms with Crippen LogP contribution in [0.3, 0.4) is 0 Å². The molecule has 2 N–H and O–H groups in total. The second-order valence-corrected chi connectivity index (χ2v) is 6.36. The van der Waals surface area contributed by atoms with Crippen LogP contribution in [0.5, 0.6) is 0 Å². The van der Waals surface area contributed by atoms with Crippen LogP contribution in [0.4, 0.5) is 0 Å². The fraction of sp³-hybridized carbons (Fsp3) is 0.786. The summed E-state index contributed by atoms with van der Waals surface area (Å²) in [6, 6.07) is 0. The molecule has 0 aliphatic rings. The SMILES string of the molecule is CC(C)CNC(=O)CN(C)C(=O)CC(C)(C)CC(=O)O. The van der Waals surface area contributed by atoms with Gasteiger partial charge in [-0.25, -0.2) is 0 Å². The van der Waals surface area contributed by atoms with Crippen molar-refractivity contribution in [1.82, 2.24) is 10.2 Å². The van der Waals surface area contributed by atoms with Crippen molar-refractivity contribution in [3.63, 3.8) is 0 Å². The number of nitrogens with zero attached hydrogens (tertiary/aromatic N) is 1. The zero-order valence-corrected chi connectivity index (χ0v) is 13.0. The second-order valence-electron chi connectivity index (χ2n) is 6.36. The molecule has 0 radical (unpaired) electrons. The van der Waals surface area contributed by atoms with Crippen molar-refractivity contribution in [3.05, 3.63) is 0 Å². The number of amides is 2. The molecule has 0 aliphatic carbocycles. The van der Waals surface area contributed by atoms with Gasteiger partial charge in [0, 0.05) is 20.0 Å². The lowest BCUT2D eigenvalue weighted by atomic mass is 9.85. The number of likely N-dealkylation sites (N-methyl/N-ethyl adjacent to an activating group) is 1. The maximum absolute atomic E-state index is 12.0. The van der Waals surface area contributed by atoms with Crippen LogP contribution in [0.15, 0.2) is 0 Å². The lowest BCUT2D eigenvalue weighted by Crippen LogP contribution is -2.40. The first kappa shape index (κ1) is 18.4. The van der Waals surface area contributed by atoms with E-state index in [1.165, 1.54) is 4.90 Å². The number of hydrogen-bond donors (Lipinski definition) is 2. The molecule has 0 aromatic rings. The minimum Gasteiger partial charge on any atom is -0.481 e. The Morgan fingerprint density at radius 3 is 2.20 bits per heavy atom. The smallest absolute Gasteiger partial charge is 0.303 e. The third kappa shape index (κ3) is 8.50. The Morgan fingerprint density at radius 1 is 1.20 bits per heavy atom. The van der Waals surface area contributed by atoms with E-state index in [-0.39, 0.29) is 31.2 Å². The van der Waals surface area contributed by atoms with Crippen LogP contribution in [0.25, 0.3) is 0 Å². The largest absolute Gasteiger partial charge is 0.481 e. The summed E-state index contributed by atoms with van der Waals surface area (Å²) in [6.07, 6.45) is 0.0272. The van der Waals surface area contributed by atoms with Gasteiger partial charge in [-0.15, -0.1) is 0 Å². The Hall–Kier alpha value is -1.59. The van der Waals surface area contributed by atoms with Gasteiger partial charge >= 0.3 is 5.97 Å². The average molecular weight is 286 g/mol. The van der Waals surface area contributed by atoms with Crippen molar-refractivity contribution < 1.29 is 19.5 Å². The number of carbonyl (C=O) groups is 3.